The average Bonchev–Trinajstić information content (AvgIpc) is 2.69. The number of aryl methyl sites for hydroxylation is 2. The Balaban J connectivity index is 0.000000303. The van der Waals surface area contributed by atoms with Gasteiger partial charge in [0.15, 0.2) is 0 Å². The summed E-state index contributed by atoms with van der Waals surface area (Å²) in [5.74, 6) is -2.86. The van der Waals surface area contributed by atoms with Crippen LogP contribution in [0.4, 0.5) is 8.78 Å². The molecule has 0 nitrogen and oxygen atoms in total. The van der Waals surface area contributed by atoms with E-state index in [1.165, 1.54) is 22.8 Å². The van der Waals surface area contributed by atoms with Crippen LogP contribution in [0.15, 0.2) is 96.6 Å². The second-order valence-electron chi connectivity index (χ2n) is 7.48. The van der Waals surface area contributed by atoms with Gasteiger partial charge in [0.25, 0.3) is 5.92 Å². The molecule has 0 fully saturated rings. The van der Waals surface area contributed by atoms with Crippen molar-refractivity contribution in [1.29, 1.82) is 0 Å². The first-order chi connectivity index (χ1) is 14.2. The third-order valence-electron chi connectivity index (χ3n) is 4.53. The summed E-state index contributed by atoms with van der Waals surface area (Å²) in [4.78, 5) is 0. The zero-order valence-electron chi connectivity index (χ0n) is 18.9. The number of hydrogen-bond acceptors (Lipinski definition) is 0. The van der Waals surface area contributed by atoms with Crippen molar-refractivity contribution in [3.8, 4) is 0 Å². The number of hydrogen-bond donors (Lipinski definition) is 0. The van der Waals surface area contributed by atoms with Gasteiger partial charge in [-0.2, -0.15) is 8.78 Å². The molecule has 0 aliphatic carbocycles. The average molecular weight is 409 g/mol. The third-order valence-corrected chi connectivity index (χ3v) is 4.53. The predicted molar refractivity (Wildman–Crippen MR) is 127 cm³/mol. The first kappa shape index (κ1) is 25.3. The van der Waals surface area contributed by atoms with Gasteiger partial charge in [0.1, 0.15) is 0 Å². The molecule has 0 amide bonds. The lowest BCUT2D eigenvalue weighted by atomic mass is 10.0. The van der Waals surface area contributed by atoms with Crippen molar-refractivity contribution in [3.05, 3.63) is 119 Å². The lowest BCUT2D eigenvalue weighted by Crippen LogP contribution is -2.11. The van der Waals surface area contributed by atoms with Crippen LogP contribution in [0.25, 0.3) is 0 Å². The van der Waals surface area contributed by atoms with Gasteiger partial charge in [-0.25, -0.2) is 0 Å². The van der Waals surface area contributed by atoms with Crippen molar-refractivity contribution >= 4 is 0 Å². The van der Waals surface area contributed by atoms with E-state index in [2.05, 4.69) is 56.0 Å². The summed E-state index contributed by atoms with van der Waals surface area (Å²) in [7, 11) is 0. The first-order valence-corrected chi connectivity index (χ1v) is 10.4. The quantitative estimate of drug-likeness (QED) is 0.318. The summed E-state index contributed by atoms with van der Waals surface area (Å²) in [5.41, 5.74) is 5.36. The zero-order valence-corrected chi connectivity index (χ0v) is 18.9. The van der Waals surface area contributed by atoms with E-state index in [-0.39, 0.29) is 5.56 Å². The Hall–Kier alpha value is -2.74. The normalized spacial score (nSPS) is 11.6. The van der Waals surface area contributed by atoms with E-state index in [1.54, 1.807) is 39.0 Å². The minimum absolute atomic E-state index is 0.0844. The molecule has 2 aromatic rings. The van der Waals surface area contributed by atoms with Gasteiger partial charge in [0.05, 0.1) is 0 Å². The second-order valence-corrected chi connectivity index (χ2v) is 7.48. The Labute approximate surface area is 181 Å². The first-order valence-electron chi connectivity index (χ1n) is 10.4. The summed E-state index contributed by atoms with van der Waals surface area (Å²) in [6.07, 6.45) is 11.2. The largest absolute Gasteiger partial charge is 0.292 e. The maximum absolute atomic E-state index is 13.6. The number of benzene rings is 2. The van der Waals surface area contributed by atoms with Gasteiger partial charge < -0.3 is 0 Å². The molecule has 0 radical (unpaired) electrons. The van der Waals surface area contributed by atoms with Gasteiger partial charge >= 0.3 is 0 Å². The van der Waals surface area contributed by atoms with Crippen molar-refractivity contribution in [1.82, 2.24) is 0 Å². The molecule has 0 aliphatic rings. The van der Waals surface area contributed by atoms with Crippen LogP contribution >= 0.6 is 0 Å². The Bertz CT molecular complexity index is 877. The van der Waals surface area contributed by atoms with Crippen LogP contribution in [0.1, 0.15) is 49.9 Å². The predicted octanol–water partition coefficient (Wildman–Crippen LogP) is 8.53. The third kappa shape index (κ3) is 8.73. The van der Waals surface area contributed by atoms with Crippen molar-refractivity contribution in [2.24, 2.45) is 0 Å². The Morgan fingerprint density at radius 1 is 1.00 bits per heavy atom. The lowest BCUT2D eigenvalue weighted by Gasteiger charge is -2.15. The molecular formula is C28H34F2. The zero-order chi connectivity index (χ0) is 22.6. The summed E-state index contributed by atoms with van der Waals surface area (Å²) in [6.45, 7) is 13.0. The van der Waals surface area contributed by atoms with E-state index in [1.807, 2.05) is 13.0 Å². The van der Waals surface area contributed by atoms with Crippen molar-refractivity contribution in [2.45, 2.75) is 53.4 Å². The van der Waals surface area contributed by atoms with E-state index in [9.17, 15) is 8.78 Å². The molecule has 2 heteroatoms. The molecule has 0 bridgehead atoms. The molecule has 30 heavy (non-hydrogen) atoms. The molecular weight excluding hydrogens is 374 g/mol. The summed E-state index contributed by atoms with van der Waals surface area (Å²) < 4.78 is 27.2. The summed E-state index contributed by atoms with van der Waals surface area (Å²) in [6, 6.07) is 15.4. The van der Waals surface area contributed by atoms with Crippen LogP contribution < -0.4 is 0 Å². The number of rotatable bonds is 7. The van der Waals surface area contributed by atoms with Gasteiger partial charge in [-0.05, 0) is 68.9 Å². The van der Waals surface area contributed by atoms with Gasteiger partial charge in [-0.1, -0.05) is 91.9 Å². The smallest absolute Gasteiger partial charge is 0.196 e. The molecule has 0 unspecified atom stereocenters. The highest BCUT2D eigenvalue weighted by atomic mass is 19.3. The van der Waals surface area contributed by atoms with Crippen LogP contribution in [0.3, 0.4) is 0 Å². The van der Waals surface area contributed by atoms with Crippen molar-refractivity contribution in [2.75, 3.05) is 0 Å². The Morgan fingerprint density at radius 3 is 2.10 bits per heavy atom. The summed E-state index contributed by atoms with van der Waals surface area (Å²) >= 11 is 0. The molecule has 2 rings (SSSR count). The lowest BCUT2D eigenvalue weighted by molar-refractivity contribution is 0.0505. The maximum Gasteiger partial charge on any atom is 0.292 e. The molecule has 0 saturated heterocycles. The van der Waals surface area contributed by atoms with Gasteiger partial charge in [0.2, 0.25) is 0 Å². The Morgan fingerprint density at radius 2 is 1.60 bits per heavy atom. The van der Waals surface area contributed by atoms with Gasteiger partial charge in [-0.15, -0.1) is 0 Å². The monoisotopic (exact) mass is 408 g/mol. The standard InChI is InChI=1S/C16H20.C12H14F2/c1-4-7-15(8-5-2)13-16-11-9-14(6-3)10-12-16;1-9(2)8-12(13,14)11-7-5-4-6-10(11)3/h4-5,7-12H,1,6,13H2,2-3H3;4-8H,1-3H3/b8-5-,15-7+;. The number of halogens is 2. The minimum atomic E-state index is -2.86. The van der Waals surface area contributed by atoms with Crippen LogP contribution in [0.2, 0.25) is 0 Å². The van der Waals surface area contributed by atoms with E-state index in [0.29, 0.717) is 11.1 Å². The minimum Gasteiger partial charge on any atom is -0.196 e. The number of allylic oxidation sites excluding steroid dienone is 7. The molecule has 0 spiro atoms. The second kappa shape index (κ2) is 12.7. The van der Waals surface area contributed by atoms with Crippen molar-refractivity contribution in [3.63, 3.8) is 0 Å². The molecule has 0 aromatic heterocycles. The molecule has 0 saturated carbocycles. The molecule has 160 valence electrons. The van der Waals surface area contributed by atoms with Crippen molar-refractivity contribution < 1.29 is 8.78 Å². The van der Waals surface area contributed by atoms with Crippen LogP contribution in [-0.4, -0.2) is 0 Å². The highest BCUT2D eigenvalue weighted by Gasteiger charge is 2.29. The fourth-order valence-corrected chi connectivity index (χ4v) is 3.05. The van der Waals surface area contributed by atoms with E-state index in [4.69, 9.17) is 0 Å². The number of alkyl halides is 2. The molecule has 0 aliphatic heterocycles. The highest BCUT2D eigenvalue weighted by Crippen LogP contribution is 2.32. The summed E-state index contributed by atoms with van der Waals surface area (Å²) in [5, 5.41) is 0. The van der Waals surface area contributed by atoms with Crippen LogP contribution in [0.5, 0.6) is 0 Å². The maximum atomic E-state index is 13.6. The van der Waals surface area contributed by atoms with E-state index in [0.717, 1.165) is 18.9 Å². The SMILES string of the molecule is C=C/C=C(\C=C/C)Cc1ccc(CC)cc1.CC(C)=CC(F)(F)c1ccccc1C. The van der Waals surface area contributed by atoms with E-state index >= 15 is 0 Å². The molecule has 0 atom stereocenters. The topological polar surface area (TPSA) is 0 Å². The van der Waals surface area contributed by atoms with Gasteiger partial charge in [-0.3, -0.25) is 0 Å². The van der Waals surface area contributed by atoms with Crippen LogP contribution in [-0.2, 0) is 18.8 Å². The van der Waals surface area contributed by atoms with E-state index < -0.39 is 5.92 Å². The molecule has 0 heterocycles. The van der Waals surface area contributed by atoms with Gasteiger partial charge in [0, 0.05) is 5.56 Å². The fourth-order valence-electron chi connectivity index (χ4n) is 3.05. The molecule has 2 aromatic carbocycles. The van der Waals surface area contributed by atoms with Crippen LogP contribution in [0, 0.1) is 6.92 Å². The molecule has 0 N–H and O–H groups in total. The highest BCUT2D eigenvalue weighted by molar-refractivity contribution is 5.33. The Kier molecular flexibility index (Phi) is 10.7. The fraction of sp³-hybridized carbons (Fsp3) is 0.286.